The van der Waals surface area contributed by atoms with Crippen molar-refractivity contribution in [2.24, 2.45) is 5.92 Å². The second kappa shape index (κ2) is 8.50. The SMILES string of the molecule is CNC(=O)[C@@H](C)NC(=O)[C@H](C)NC(=O)CCC(C)C. The van der Waals surface area contributed by atoms with Gasteiger partial charge < -0.3 is 16.0 Å². The van der Waals surface area contributed by atoms with Crippen molar-refractivity contribution in [3.8, 4) is 0 Å². The first-order valence-electron chi connectivity index (χ1n) is 6.59. The first kappa shape index (κ1) is 17.4. The largest absolute Gasteiger partial charge is 0.357 e. The summed E-state index contributed by atoms with van der Waals surface area (Å²) >= 11 is 0. The van der Waals surface area contributed by atoms with Crippen LogP contribution in [-0.2, 0) is 14.4 Å². The van der Waals surface area contributed by atoms with E-state index in [1.165, 1.54) is 7.05 Å². The summed E-state index contributed by atoms with van der Waals surface area (Å²) in [4.78, 5) is 34.6. The van der Waals surface area contributed by atoms with Crippen molar-refractivity contribution in [1.29, 1.82) is 0 Å². The van der Waals surface area contributed by atoms with Crippen LogP contribution in [0.5, 0.6) is 0 Å². The quantitative estimate of drug-likeness (QED) is 0.617. The van der Waals surface area contributed by atoms with Gasteiger partial charge in [0.15, 0.2) is 0 Å². The van der Waals surface area contributed by atoms with Gasteiger partial charge in [0.2, 0.25) is 17.7 Å². The van der Waals surface area contributed by atoms with Gasteiger partial charge >= 0.3 is 0 Å². The fourth-order valence-electron chi connectivity index (χ4n) is 1.42. The average molecular weight is 271 g/mol. The van der Waals surface area contributed by atoms with Crippen LogP contribution < -0.4 is 16.0 Å². The third-order valence-corrected chi connectivity index (χ3v) is 2.72. The number of amides is 3. The lowest BCUT2D eigenvalue weighted by atomic mass is 10.1. The molecule has 3 amide bonds. The molecule has 0 fully saturated rings. The number of hydrogen-bond acceptors (Lipinski definition) is 3. The minimum absolute atomic E-state index is 0.149. The summed E-state index contributed by atoms with van der Waals surface area (Å²) in [6.45, 7) is 7.26. The van der Waals surface area contributed by atoms with Gasteiger partial charge in [0.1, 0.15) is 12.1 Å². The monoisotopic (exact) mass is 271 g/mol. The zero-order valence-corrected chi connectivity index (χ0v) is 12.4. The van der Waals surface area contributed by atoms with Crippen LogP contribution in [0.3, 0.4) is 0 Å². The summed E-state index contributed by atoms with van der Waals surface area (Å²) in [5, 5.41) is 7.59. The Labute approximate surface area is 114 Å². The van der Waals surface area contributed by atoms with Crippen LogP contribution in [-0.4, -0.2) is 36.9 Å². The summed E-state index contributed by atoms with van der Waals surface area (Å²) in [6, 6.07) is -1.26. The lowest BCUT2D eigenvalue weighted by molar-refractivity contribution is -0.131. The number of likely N-dealkylation sites (N-methyl/N-ethyl adjacent to an activating group) is 1. The molecule has 0 spiro atoms. The molecule has 3 N–H and O–H groups in total. The van der Waals surface area contributed by atoms with Crippen LogP contribution >= 0.6 is 0 Å². The highest BCUT2D eigenvalue weighted by molar-refractivity contribution is 5.91. The molecular formula is C13H25N3O3. The van der Waals surface area contributed by atoms with Crippen molar-refractivity contribution >= 4 is 17.7 Å². The highest BCUT2D eigenvalue weighted by Crippen LogP contribution is 2.03. The molecule has 0 heterocycles. The molecule has 0 aromatic carbocycles. The Kier molecular flexibility index (Phi) is 7.79. The zero-order valence-electron chi connectivity index (χ0n) is 12.4. The van der Waals surface area contributed by atoms with E-state index in [0.29, 0.717) is 12.3 Å². The Morgan fingerprint density at radius 3 is 1.89 bits per heavy atom. The standard InChI is InChI=1S/C13H25N3O3/c1-8(2)6-7-11(17)15-10(4)13(19)16-9(3)12(18)14-5/h8-10H,6-7H2,1-5H3,(H,14,18)(H,15,17)(H,16,19)/t9-,10+/m1/s1. The molecular weight excluding hydrogens is 246 g/mol. The molecule has 6 nitrogen and oxygen atoms in total. The molecule has 0 aromatic rings. The van der Waals surface area contributed by atoms with Crippen molar-refractivity contribution in [2.45, 2.75) is 52.6 Å². The van der Waals surface area contributed by atoms with Crippen molar-refractivity contribution in [3.05, 3.63) is 0 Å². The summed E-state index contributed by atoms with van der Waals surface area (Å²) in [7, 11) is 1.50. The molecule has 0 saturated carbocycles. The highest BCUT2D eigenvalue weighted by atomic mass is 16.2. The molecule has 0 aromatic heterocycles. The molecule has 0 unspecified atom stereocenters. The Hall–Kier alpha value is -1.59. The number of carbonyl (C=O) groups excluding carboxylic acids is 3. The van der Waals surface area contributed by atoms with Crippen molar-refractivity contribution in [2.75, 3.05) is 7.05 Å². The van der Waals surface area contributed by atoms with Crippen molar-refractivity contribution in [1.82, 2.24) is 16.0 Å². The predicted molar refractivity (Wildman–Crippen MR) is 73.3 cm³/mol. The van der Waals surface area contributed by atoms with E-state index in [4.69, 9.17) is 0 Å². The van der Waals surface area contributed by atoms with Gasteiger partial charge in [0, 0.05) is 13.5 Å². The van der Waals surface area contributed by atoms with Gasteiger partial charge in [-0.1, -0.05) is 13.8 Å². The number of nitrogens with one attached hydrogen (secondary N) is 3. The normalized spacial score (nSPS) is 13.6. The lowest BCUT2D eigenvalue weighted by Gasteiger charge is -2.17. The Bertz CT molecular complexity index is 329. The predicted octanol–water partition coefficient (Wildman–Crippen LogP) is 0.178. The van der Waals surface area contributed by atoms with E-state index in [1.807, 2.05) is 13.8 Å². The molecule has 0 radical (unpaired) electrons. The van der Waals surface area contributed by atoms with Gasteiger partial charge in [-0.3, -0.25) is 14.4 Å². The highest BCUT2D eigenvalue weighted by Gasteiger charge is 2.20. The smallest absolute Gasteiger partial charge is 0.242 e. The van der Waals surface area contributed by atoms with Crippen LogP contribution in [0.4, 0.5) is 0 Å². The van der Waals surface area contributed by atoms with Gasteiger partial charge in [-0.05, 0) is 26.2 Å². The lowest BCUT2D eigenvalue weighted by Crippen LogP contribution is -2.51. The molecule has 6 heteroatoms. The molecule has 0 aliphatic rings. The van der Waals surface area contributed by atoms with E-state index in [-0.39, 0.29) is 17.7 Å². The van der Waals surface area contributed by atoms with Gasteiger partial charge in [0.05, 0.1) is 0 Å². The number of hydrogen-bond donors (Lipinski definition) is 3. The molecule has 0 rings (SSSR count). The minimum Gasteiger partial charge on any atom is -0.357 e. The topological polar surface area (TPSA) is 87.3 Å². The fraction of sp³-hybridized carbons (Fsp3) is 0.769. The Balaban J connectivity index is 4.13. The van der Waals surface area contributed by atoms with Crippen LogP contribution in [0.2, 0.25) is 0 Å². The van der Waals surface area contributed by atoms with E-state index in [1.54, 1.807) is 13.8 Å². The van der Waals surface area contributed by atoms with Crippen LogP contribution in [0.1, 0.15) is 40.5 Å². The van der Waals surface area contributed by atoms with E-state index >= 15 is 0 Å². The maximum atomic E-state index is 11.7. The molecule has 0 bridgehead atoms. The Morgan fingerprint density at radius 1 is 0.895 bits per heavy atom. The number of carbonyl (C=O) groups is 3. The van der Waals surface area contributed by atoms with Gasteiger partial charge in [-0.2, -0.15) is 0 Å². The minimum atomic E-state index is -0.647. The molecule has 110 valence electrons. The third-order valence-electron chi connectivity index (χ3n) is 2.72. The van der Waals surface area contributed by atoms with Crippen LogP contribution in [0, 0.1) is 5.92 Å². The first-order chi connectivity index (χ1) is 8.77. The number of rotatable bonds is 7. The van der Waals surface area contributed by atoms with Gasteiger partial charge in [0.25, 0.3) is 0 Å². The van der Waals surface area contributed by atoms with Crippen molar-refractivity contribution < 1.29 is 14.4 Å². The first-order valence-corrected chi connectivity index (χ1v) is 6.59. The zero-order chi connectivity index (χ0) is 15.0. The maximum Gasteiger partial charge on any atom is 0.242 e. The molecule has 0 aliphatic carbocycles. The molecule has 0 aliphatic heterocycles. The maximum absolute atomic E-state index is 11.7. The fourth-order valence-corrected chi connectivity index (χ4v) is 1.42. The summed E-state index contributed by atoms with van der Waals surface area (Å²) in [6.07, 6.45) is 1.19. The average Bonchev–Trinajstić information content (AvgIpc) is 2.34. The van der Waals surface area contributed by atoms with Gasteiger partial charge in [-0.15, -0.1) is 0 Å². The van der Waals surface area contributed by atoms with Gasteiger partial charge in [-0.25, -0.2) is 0 Å². The Morgan fingerprint density at radius 2 is 1.42 bits per heavy atom. The van der Waals surface area contributed by atoms with E-state index in [2.05, 4.69) is 16.0 Å². The third kappa shape index (κ3) is 7.43. The van der Waals surface area contributed by atoms with E-state index in [0.717, 1.165) is 6.42 Å². The molecule has 2 atom stereocenters. The van der Waals surface area contributed by atoms with Crippen LogP contribution in [0.25, 0.3) is 0 Å². The summed E-state index contributed by atoms with van der Waals surface area (Å²) in [5.41, 5.74) is 0. The summed E-state index contributed by atoms with van der Waals surface area (Å²) in [5.74, 6) is -0.340. The second-order valence-electron chi connectivity index (χ2n) is 5.07. The molecule has 19 heavy (non-hydrogen) atoms. The van der Waals surface area contributed by atoms with Crippen molar-refractivity contribution in [3.63, 3.8) is 0 Å². The molecule has 0 saturated heterocycles. The second-order valence-corrected chi connectivity index (χ2v) is 5.07. The summed E-state index contributed by atoms with van der Waals surface area (Å²) < 4.78 is 0. The van der Waals surface area contributed by atoms with Crippen LogP contribution in [0.15, 0.2) is 0 Å². The van der Waals surface area contributed by atoms with E-state index < -0.39 is 12.1 Å². The van der Waals surface area contributed by atoms with E-state index in [9.17, 15) is 14.4 Å².